The number of alkyl carbamates (subject to hydrolysis) is 1. The fraction of sp³-hybridized carbons (Fsp3) is 0.429. The monoisotopic (exact) mass is 277 g/mol. The van der Waals surface area contributed by atoms with Crippen molar-refractivity contribution in [1.82, 2.24) is 10.3 Å². The van der Waals surface area contributed by atoms with Crippen LogP contribution in [-0.4, -0.2) is 28.3 Å². The molecule has 0 aliphatic carbocycles. The van der Waals surface area contributed by atoms with E-state index in [1.165, 1.54) is 6.20 Å². The Hall–Kier alpha value is -2.26. The molecule has 0 saturated heterocycles. The number of aliphatic hydroxyl groups is 1. The van der Waals surface area contributed by atoms with Crippen molar-refractivity contribution in [3.8, 4) is 11.8 Å². The van der Waals surface area contributed by atoms with Crippen molar-refractivity contribution in [2.75, 3.05) is 12.3 Å². The number of hydrogen-bond donors (Lipinski definition) is 3. The average Bonchev–Trinajstić information content (AvgIpc) is 2.34. The number of carbonyl (C=O) groups excluding carboxylic acids is 1. The lowest BCUT2D eigenvalue weighted by Crippen LogP contribution is -2.32. The van der Waals surface area contributed by atoms with Gasteiger partial charge in [-0.2, -0.15) is 0 Å². The maximum Gasteiger partial charge on any atom is 0.408 e. The first-order valence-electron chi connectivity index (χ1n) is 6.13. The molecule has 0 bridgehead atoms. The molecule has 0 atom stereocenters. The Morgan fingerprint density at radius 2 is 2.25 bits per heavy atom. The molecule has 1 rings (SSSR count). The normalized spacial score (nSPS) is 10.4. The van der Waals surface area contributed by atoms with E-state index in [0.29, 0.717) is 11.1 Å². The van der Waals surface area contributed by atoms with Gasteiger partial charge in [0.2, 0.25) is 0 Å². The lowest BCUT2D eigenvalue weighted by Gasteiger charge is -2.18. The molecule has 4 N–H and O–H groups in total. The van der Waals surface area contributed by atoms with E-state index in [1.54, 1.807) is 26.8 Å². The standard InChI is InChI=1S/C14H19N3O3/c1-14(2,3)20-13(19)16-6-4-5-10-7-11(9-18)12(15)17-8-10/h7-8,18H,6,9H2,1-3H3,(H2,15,17)(H,16,19). The lowest BCUT2D eigenvalue weighted by atomic mass is 10.2. The molecule has 6 heteroatoms. The number of ether oxygens (including phenoxy) is 1. The number of nitrogens with one attached hydrogen (secondary N) is 1. The first kappa shape index (κ1) is 15.8. The maximum atomic E-state index is 11.4. The second-order valence-corrected chi connectivity index (χ2v) is 5.08. The first-order chi connectivity index (χ1) is 9.31. The van der Waals surface area contributed by atoms with Gasteiger partial charge in [-0.15, -0.1) is 0 Å². The summed E-state index contributed by atoms with van der Waals surface area (Å²) in [6.07, 6.45) is 0.993. The van der Waals surface area contributed by atoms with Crippen molar-refractivity contribution in [2.45, 2.75) is 33.0 Å². The van der Waals surface area contributed by atoms with Crippen molar-refractivity contribution >= 4 is 11.9 Å². The maximum absolute atomic E-state index is 11.4. The van der Waals surface area contributed by atoms with Crippen LogP contribution in [0, 0.1) is 11.8 Å². The molecular formula is C14H19N3O3. The van der Waals surface area contributed by atoms with Gasteiger partial charge in [0.15, 0.2) is 0 Å². The van der Waals surface area contributed by atoms with Crippen molar-refractivity contribution in [2.24, 2.45) is 0 Å². The molecule has 0 radical (unpaired) electrons. The van der Waals surface area contributed by atoms with Crippen LogP contribution < -0.4 is 11.1 Å². The van der Waals surface area contributed by atoms with Crippen LogP contribution in [0.2, 0.25) is 0 Å². The molecule has 0 saturated carbocycles. The zero-order valence-electron chi connectivity index (χ0n) is 11.9. The molecule has 6 nitrogen and oxygen atoms in total. The third-order valence-electron chi connectivity index (χ3n) is 2.12. The quantitative estimate of drug-likeness (QED) is 0.701. The number of pyridine rings is 1. The molecule has 20 heavy (non-hydrogen) atoms. The Bertz CT molecular complexity index is 539. The van der Waals surface area contributed by atoms with Crippen LogP contribution in [0.3, 0.4) is 0 Å². The Balaban J connectivity index is 2.53. The van der Waals surface area contributed by atoms with Gasteiger partial charge in [-0.05, 0) is 26.8 Å². The van der Waals surface area contributed by atoms with Gasteiger partial charge in [0.25, 0.3) is 0 Å². The van der Waals surface area contributed by atoms with E-state index in [1.807, 2.05) is 0 Å². The SMILES string of the molecule is CC(C)(C)OC(=O)NCC#Cc1cnc(N)c(CO)c1. The summed E-state index contributed by atoms with van der Waals surface area (Å²) >= 11 is 0. The molecule has 1 amide bonds. The predicted octanol–water partition coefficient (Wildman–Crippen LogP) is 1.03. The number of aliphatic hydroxyl groups excluding tert-OH is 1. The number of anilines is 1. The van der Waals surface area contributed by atoms with Gasteiger partial charge >= 0.3 is 6.09 Å². The molecule has 0 fully saturated rings. The van der Waals surface area contributed by atoms with Gasteiger partial charge in [0, 0.05) is 17.3 Å². The van der Waals surface area contributed by atoms with Crippen molar-refractivity contribution in [3.05, 3.63) is 23.4 Å². The lowest BCUT2D eigenvalue weighted by molar-refractivity contribution is 0.0535. The van der Waals surface area contributed by atoms with E-state index >= 15 is 0 Å². The summed E-state index contributed by atoms with van der Waals surface area (Å²) in [4.78, 5) is 15.3. The number of amides is 1. The number of carbonyl (C=O) groups is 1. The Morgan fingerprint density at radius 3 is 2.85 bits per heavy atom. The molecule has 0 spiro atoms. The van der Waals surface area contributed by atoms with Crippen LogP contribution in [0.15, 0.2) is 12.3 Å². The Kier molecular flexibility index (Phi) is 5.35. The minimum absolute atomic E-state index is 0.160. The van der Waals surface area contributed by atoms with Gasteiger partial charge < -0.3 is 20.9 Å². The van der Waals surface area contributed by atoms with Crippen molar-refractivity contribution in [1.29, 1.82) is 0 Å². The van der Waals surface area contributed by atoms with Crippen LogP contribution in [0.1, 0.15) is 31.9 Å². The van der Waals surface area contributed by atoms with Crippen LogP contribution in [0.5, 0.6) is 0 Å². The van der Waals surface area contributed by atoms with Crippen LogP contribution in [0.25, 0.3) is 0 Å². The highest BCUT2D eigenvalue weighted by Crippen LogP contribution is 2.09. The second kappa shape index (κ2) is 6.78. The molecule has 1 heterocycles. The summed E-state index contributed by atoms with van der Waals surface area (Å²) in [5.74, 6) is 5.86. The highest BCUT2D eigenvalue weighted by atomic mass is 16.6. The van der Waals surface area contributed by atoms with E-state index < -0.39 is 11.7 Å². The molecule has 0 unspecified atom stereocenters. The first-order valence-corrected chi connectivity index (χ1v) is 6.13. The third-order valence-corrected chi connectivity index (χ3v) is 2.12. The smallest absolute Gasteiger partial charge is 0.408 e. The molecule has 0 aliphatic heterocycles. The zero-order chi connectivity index (χ0) is 15.2. The molecule has 108 valence electrons. The topological polar surface area (TPSA) is 97.5 Å². The number of nitrogens with zero attached hydrogens (tertiary/aromatic N) is 1. The highest BCUT2D eigenvalue weighted by Gasteiger charge is 2.14. The second-order valence-electron chi connectivity index (χ2n) is 5.08. The predicted molar refractivity (Wildman–Crippen MR) is 75.7 cm³/mol. The zero-order valence-corrected chi connectivity index (χ0v) is 11.9. The third kappa shape index (κ3) is 5.59. The molecule has 1 aromatic heterocycles. The van der Waals surface area contributed by atoms with E-state index in [-0.39, 0.29) is 19.0 Å². The van der Waals surface area contributed by atoms with Crippen molar-refractivity contribution < 1.29 is 14.6 Å². The van der Waals surface area contributed by atoms with E-state index in [9.17, 15) is 4.79 Å². The minimum Gasteiger partial charge on any atom is -0.444 e. The summed E-state index contributed by atoms with van der Waals surface area (Å²) in [6, 6.07) is 1.66. The largest absolute Gasteiger partial charge is 0.444 e. The fourth-order valence-corrected chi connectivity index (χ4v) is 1.29. The summed E-state index contributed by atoms with van der Waals surface area (Å²) in [5.41, 5.74) is 6.17. The van der Waals surface area contributed by atoms with Crippen LogP contribution in [0.4, 0.5) is 10.6 Å². The number of hydrogen-bond acceptors (Lipinski definition) is 5. The van der Waals surface area contributed by atoms with Gasteiger partial charge in [-0.3, -0.25) is 0 Å². The molecule has 0 aliphatic rings. The fourth-order valence-electron chi connectivity index (χ4n) is 1.29. The molecule has 0 aromatic carbocycles. The number of nitrogen functional groups attached to an aromatic ring is 1. The van der Waals surface area contributed by atoms with Crippen LogP contribution in [-0.2, 0) is 11.3 Å². The van der Waals surface area contributed by atoms with E-state index in [2.05, 4.69) is 22.1 Å². The summed E-state index contributed by atoms with van der Waals surface area (Å²) < 4.78 is 5.06. The van der Waals surface area contributed by atoms with E-state index in [4.69, 9.17) is 15.6 Å². The Labute approximate surface area is 118 Å². The van der Waals surface area contributed by atoms with Crippen molar-refractivity contribution in [3.63, 3.8) is 0 Å². The highest BCUT2D eigenvalue weighted by molar-refractivity contribution is 5.68. The van der Waals surface area contributed by atoms with Gasteiger partial charge in [0.1, 0.15) is 11.4 Å². The number of aromatic nitrogens is 1. The van der Waals surface area contributed by atoms with Gasteiger partial charge in [-0.25, -0.2) is 9.78 Å². The minimum atomic E-state index is -0.533. The van der Waals surface area contributed by atoms with Crippen LogP contribution >= 0.6 is 0 Å². The van der Waals surface area contributed by atoms with Gasteiger partial charge in [-0.1, -0.05) is 11.8 Å². The summed E-state index contributed by atoms with van der Waals surface area (Å²) in [5, 5.41) is 11.6. The van der Waals surface area contributed by atoms with E-state index in [0.717, 1.165) is 0 Å². The molecule has 1 aromatic rings. The number of nitrogens with two attached hydrogens (primary N) is 1. The van der Waals surface area contributed by atoms with Gasteiger partial charge in [0.05, 0.1) is 13.2 Å². The molecular weight excluding hydrogens is 258 g/mol. The Morgan fingerprint density at radius 1 is 1.55 bits per heavy atom. The average molecular weight is 277 g/mol. The summed E-state index contributed by atoms with van der Waals surface area (Å²) in [6.45, 7) is 5.33. The summed E-state index contributed by atoms with van der Waals surface area (Å²) in [7, 11) is 0. The number of rotatable bonds is 2.